The Bertz CT molecular complexity index is 553. The maximum atomic E-state index is 5.99. The highest BCUT2D eigenvalue weighted by atomic mass is 35.5. The van der Waals surface area contributed by atoms with Crippen LogP contribution in [0.3, 0.4) is 0 Å². The van der Waals surface area contributed by atoms with Gasteiger partial charge in [-0.3, -0.25) is 0 Å². The molecule has 6 heteroatoms. The predicted octanol–water partition coefficient (Wildman–Crippen LogP) is 2.47. The van der Waals surface area contributed by atoms with E-state index in [1.165, 1.54) is 0 Å². The molecule has 0 bridgehead atoms. The van der Waals surface area contributed by atoms with Gasteiger partial charge in [-0.25, -0.2) is 14.6 Å². The molecule has 0 saturated heterocycles. The molecular formula is C12H15ClN4O. The van der Waals surface area contributed by atoms with E-state index in [-0.39, 0.29) is 0 Å². The molecule has 0 amide bonds. The molecule has 0 spiro atoms. The van der Waals surface area contributed by atoms with Crippen molar-refractivity contribution in [3.8, 4) is 5.82 Å². The van der Waals surface area contributed by atoms with Crippen molar-refractivity contribution in [2.24, 2.45) is 0 Å². The first-order chi connectivity index (χ1) is 8.60. The average molecular weight is 267 g/mol. The second-order valence-corrected chi connectivity index (χ2v) is 4.33. The third kappa shape index (κ3) is 2.86. The molecule has 0 aliphatic heterocycles. The van der Waals surface area contributed by atoms with Gasteiger partial charge in [-0.15, -0.1) is 0 Å². The number of hydrogen-bond acceptors (Lipinski definition) is 4. The summed E-state index contributed by atoms with van der Waals surface area (Å²) in [5, 5.41) is 4.76. The zero-order chi connectivity index (χ0) is 13.1. The number of halogens is 1. The SMILES string of the molecule is CCOCc1nc(Cl)cc(-n2nc(C)cc2C)n1. The minimum absolute atomic E-state index is 0.351. The van der Waals surface area contributed by atoms with Crippen LogP contribution in [0.2, 0.25) is 5.15 Å². The van der Waals surface area contributed by atoms with Crippen LogP contribution >= 0.6 is 11.6 Å². The molecule has 18 heavy (non-hydrogen) atoms. The van der Waals surface area contributed by atoms with Gasteiger partial charge in [-0.1, -0.05) is 11.6 Å². The highest BCUT2D eigenvalue weighted by Gasteiger charge is 2.09. The van der Waals surface area contributed by atoms with Crippen LogP contribution in [0.4, 0.5) is 0 Å². The van der Waals surface area contributed by atoms with Gasteiger partial charge in [-0.2, -0.15) is 5.10 Å². The summed E-state index contributed by atoms with van der Waals surface area (Å²) < 4.78 is 7.04. The van der Waals surface area contributed by atoms with E-state index in [1.54, 1.807) is 10.7 Å². The highest BCUT2D eigenvalue weighted by molar-refractivity contribution is 6.29. The lowest BCUT2D eigenvalue weighted by Crippen LogP contribution is -2.07. The molecule has 0 aromatic carbocycles. The van der Waals surface area contributed by atoms with Crippen LogP contribution in [-0.4, -0.2) is 26.4 Å². The maximum absolute atomic E-state index is 5.99. The molecule has 2 aromatic rings. The quantitative estimate of drug-likeness (QED) is 0.798. The molecule has 96 valence electrons. The minimum atomic E-state index is 0.351. The predicted molar refractivity (Wildman–Crippen MR) is 69.0 cm³/mol. The normalized spacial score (nSPS) is 10.9. The van der Waals surface area contributed by atoms with E-state index in [4.69, 9.17) is 16.3 Å². The van der Waals surface area contributed by atoms with E-state index < -0.39 is 0 Å². The molecule has 0 aliphatic carbocycles. The van der Waals surface area contributed by atoms with Crippen LogP contribution < -0.4 is 0 Å². The minimum Gasteiger partial charge on any atom is -0.374 e. The monoisotopic (exact) mass is 266 g/mol. The second-order valence-electron chi connectivity index (χ2n) is 3.94. The van der Waals surface area contributed by atoms with Gasteiger partial charge >= 0.3 is 0 Å². The number of aryl methyl sites for hydroxylation is 2. The van der Waals surface area contributed by atoms with Crippen LogP contribution in [0.5, 0.6) is 0 Å². The lowest BCUT2D eigenvalue weighted by atomic mass is 10.4. The van der Waals surface area contributed by atoms with Gasteiger partial charge in [0.25, 0.3) is 0 Å². The summed E-state index contributed by atoms with van der Waals surface area (Å²) in [5.74, 6) is 1.22. The smallest absolute Gasteiger partial charge is 0.158 e. The summed E-state index contributed by atoms with van der Waals surface area (Å²) in [6.45, 7) is 6.80. The Hall–Kier alpha value is -1.46. The first-order valence-electron chi connectivity index (χ1n) is 5.75. The number of aromatic nitrogens is 4. The summed E-state index contributed by atoms with van der Waals surface area (Å²) in [4.78, 5) is 8.52. The summed E-state index contributed by atoms with van der Waals surface area (Å²) in [6, 6.07) is 3.68. The number of nitrogens with zero attached hydrogens (tertiary/aromatic N) is 4. The highest BCUT2D eigenvalue weighted by Crippen LogP contribution is 2.14. The average Bonchev–Trinajstić information content (AvgIpc) is 2.65. The fourth-order valence-corrected chi connectivity index (χ4v) is 1.87. The van der Waals surface area contributed by atoms with Crippen molar-refractivity contribution in [3.05, 3.63) is 34.5 Å². The van der Waals surface area contributed by atoms with Gasteiger partial charge in [0.05, 0.1) is 5.69 Å². The van der Waals surface area contributed by atoms with Crippen molar-refractivity contribution in [3.63, 3.8) is 0 Å². The number of rotatable bonds is 4. The molecule has 0 N–H and O–H groups in total. The van der Waals surface area contributed by atoms with Crippen molar-refractivity contribution in [1.82, 2.24) is 19.7 Å². The van der Waals surface area contributed by atoms with Crippen LogP contribution in [0, 0.1) is 13.8 Å². The molecular weight excluding hydrogens is 252 g/mol. The van der Waals surface area contributed by atoms with Crippen LogP contribution in [0.15, 0.2) is 12.1 Å². The van der Waals surface area contributed by atoms with Gasteiger partial charge < -0.3 is 4.74 Å². The zero-order valence-corrected chi connectivity index (χ0v) is 11.4. The second kappa shape index (κ2) is 5.46. The van der Waals surface area contributed by atoms with Crippen LogP contribution in [0.25, 0.3) is 5.82 Å². The molecule has 2 rings (SSSR count). The van der Waals surface area contributed by atoms with Gasteiger partial charge in [0, 0.05) is 18.4 Å². The number of ether oxygens (including phenoxy) is 1. The van der Waals surface area contributed by atoms with Gasteiger partial charge in [0.15, 0.2) is 11.6 Å². The largest absolute Gasteiger partial charge is 0.374 e. The topological polar surface area (TPSA) is 52.8 Å². The summed E-state index contributed by atoms with van der Waals surface area (Å²) in [6.07, 6.45) is 0. The molecule has 0 atom stereocenters. The molecule has 0 saturated carbocycles. The van der Waals surface area contributed by atoms with E-state index in [0.29, 0.717) is 30.0 Å². The number of hydrogen-bond donors (Lipinski definition) is 0. The lowest BCUT2D eigenvalue weighted by Gasteiger charge is -2.06. The summed E-state index contributed by atoms with van der Waals surface area (Å²) in [7, 11) is 0. The molecule has 2 aromatic heterocycles. The first kappa shape index (κ1) is 13.0. The molecule has 0 radical (unpaired) electrons. The molecule has 5 nitrogen and oxygen atoms in total. The van der Waals surface area contributed by atoms with E-state index in [9.17, 15) is 0 Å². The first-order valence-corrected chi connectivity index (χ1v) is 6.12. The van der Waals surface area contributed by atoms with Crippen LogP contribution in [-0.2, 0) is 11.3 Å². The maximum Gasteiger partial charge on any atom is 0.158 e. The van der Waals surface area contributed by atoms with Gasteiger partial charge in [-0.05, 0) is 26.8 Å². The fourth-order valence-electron chi connectivity index (χ4n) is 1.68. The van der Waals surface area contributed by atoms with Crippen molar-refractivity contribution in [1.29, 1.82) is 0 Å². The van der Waals surface area contributed by atoms with E-state index in [1.807, 2.05) is 26.8 Å². The van der Waals surface area contributed by atoms with Crippen LogP contribution in [0.1, 0.15) is 24.1 Å². The Balaban J connectivity index is 2.38. The Morgan fingerprint density at radius 3 is 2.67 bits per heavy atom. The fraction of sp³-hybridized carbons (Fsp3) is 0.417. The third-order valence-corrected chi connectivity index (χ3v) is 2.58. The van der Waals surface area contributed by atoms with Gasteiger partial charge in [0.2, 0.25) is 0 Å². The Morgan fingerprint density at radius 1 is 1.28 bits per heavy atom. The third-order valence-electron chi connectivity index (χ3n) is 2.39. The Morgan fingerprint density at radius 2 is 2.06 bits per heavy atom. The van der Waals surface area contributed by atoms with Gasteiger partial charge in [0.1, 0.15) is 11.8 Å². The summed E-state index contributed by atoms with van der Waals surface area (Å²) >= 11 is 5.99. The molecule has 0 aliphatic rings. The zero-order valence-electron chi connectivity index (χ0n) is 10.6. The van der Waals surface area contributed by atoms with Crippen molar-refractivity contribution in [2.75, 3.05) is 6.61 Å². The Kier molecular flexibility index (Phi) is 3.93. The summed E-state index contributed by atoms with van der Waals surface area (Å²) in [5.41, 5.74) is 1.94. The molecule has 0 unspecified atom stereocenters. The van der Waals surface area contributed by atoms with Crippen molar-refractivity contribution >= 4 is 11.6 Å². The lowest BCUT2D eigenvalue weighted by molar-refractivity contribution is 0.128. The molecule has 2 heterocycles. The standard InChI is InChI=1S/C12H15ClN4O/c1-4-18-7-11-14-10(13)6-12(15-11)17-9(3)5-8(2)16-17/h5-6H,4,7H2,1-3H3. The van der Waals surface area contributed by atoms with E-state index >= 15 is 0 Å². The van der Waals surface area contributed by atoms with E-state index in [0.717, 1.165) is 11.4 Å². The molecule has 0 fully saturated rings. The van der Waals surface area contributed by atoms with Crippen molar-refractivity contribution in [2.45, 2.75) is 27.4 Å². The Labute approximate surface area is 111 Å². The van der Waals surface area contributed by atoms with E-state index in [2.05, 4.69) is 15.1 Å². The van der Waals surface area contributed by atoms with Crippen molar-refractivity contribution < 1.29 is 4.74 Å².